The molecular weight excluding hydrogens is 312 g/mol. The van der Waals surface area contributed by atoms with Crippen molar-refractivity contribution in [2.24, 2.45) is 0 Å². The van der Waals surface area contributed by atoms with Crippen molar-refractivity contribution in [3.63, 3.8) is 0 Å². The lowest BCUT2D eigenvalue weighted by atomic mass is 10.4. The number of nitrogens with one attached hydrogen (secondary N) is 1. The van der Waals surface area contributed by atoms with Gasteiger partial charge in [0.25, 0.3) is 5.91 Å². The fraction of sp³-hybridized carbons (Fsp3) is 0.615. The molecule has 0 aliphatic carbocycles. The highest BCUT2D eigenvalue weighted by atomic mass is 32.2. The van der Waals surface area contributed by atoms with Crippen LogP contribution in [0.5, 0.6) is 0 Å². The summed E-state index contributed by atoms with van der Waals surface area (Å²) in [4.78, 5) is 12.5. The monoisotopic (exact) mass is 332 g/mol. The van der Waals surface area contributed by atoms with E-state index in [4.69, 9.17) is 4.74 Å². The van der Waals surface area contributed by atoms with Gasteiger partial charge in [0.1, 0.15) is 9.77 Å². The van der Waals surface area contributed by atoms with Crippen LogP contribution in [0.2, 0.25) is 0 Å². The normalized spacial score (nSPS) is 16.2. The number of hydrogen-bond donors (Lipinski definition) is 1. The number of sulfonamides is 1. The van der Waals surface area contributed by atoms with E-state index in [9.17, 15) is 13.2 Å². The average Bonchev–Trinajstić information content (AvgIpc) is 3.13. The van der Waals surface area contributed by atoms with Gasteiger partial charge in [-0.2, -0.15) is 4.31 Å². The van der Waals surface area contributed by atoms with Gasteiger partial charge in [0.2, 0.25) is 10.0 Å². The molecule has 0 atom stereocenters. The van der Waals surface area contributed by atoms with Crippen LogP contribution >= 0.6 is 11.3 Å². The van der Waals surface area contributed by atoms with Crippen molar-refractivity contribution < 1.29 is 17.9 Å². The Balaban J connectivity index is 2.09. The Hall–Kier alpha value is -0.960. The Morgan fingerprint density at radius 1 is 1.43 bits per heavy atom. The van der Waals surface area contributed by atoms with E-state index in [0.717, 1.165) is 24.2 Å². The minimum absolute atomic E-state index is 0.124. The van der Waals surface area contributed by atoms with Gasteiger partial charge in [-0.3, -0.25) is 4.79 Å². The molecule has 1 aliphatic rings. The van der Waals surface area contributed by atoms with Gasteiger partial charge in [-0.15, -0.1) is 11.3 Å². The summed E-state index contributed by atoms with van der Waals surface area (Å²) in [6, 6.07) is 1.52. The number of hydrogen-bond acceptors (Lipinski definition) is 5. The maximum absolute atomic E-state index is 12.5. The van der Waals surface area contributed by atoms with E-state index in [1.807, 2.05) is 0 Å². The predicted molar refractivity (Wildman–Crippen MR) is 81.1 cm³/mol. The summed E-state index contributed by atoms with van der Waals surface area (Å²) in [5.74, 6) is -0.334. The van der Waals surface area contributed by atoms with E-state index in [-0.39, 0.29) is 15.7 Å². The number of ether oxygens (including phenoxy) is 1. The van der Waals surface area contributed by atoms with Crippen molar-refractivity contribution in [3.05, 3.63) is 16.3 Å². The van der Waals surface area contributed by atoms with Gasteiger partial charge in [-0.1, -0.05) is 0 Å². The molecule has 1 N–H and O–H groups in total. The molecule has 1 amide bonds. The summed E-state index contributed by atoms with van der Waals surface area (Å²) in [5.41, 5.74) is 0. The molecule has 1 aromatic rings. The van der Waals surface area contributed by atoms with Crippen LogP contribution in [-0.4, -0.2) is 52.0 Å². The lowest BCUT2D eigenvalue weighted by Crippen LogP contribution is -2.31. The van der Waals surface area contributed by atoms with Crippen LogP contribution in [0.25, 0.3) is 0 Å². The standard InChI is InChI=1S/C13H20N2O4S2/c1-19-9-4-6-14-13(16)12-11(5-10-20-12)21(17,18)15-7-2-3-8-15/h5,10H,2-4,6-9H2,1H3,(H,14,16). The highest BCUT2D eigenvalue weighted by Crippen LogP contribution is 2.27. The van der Waals surface area contributed by atoms with Gasteiger partial charge in [0.05, 0.1) is 0 Å². The highest BCUT2D eigenvalue weighted by molar-refractivity contribution is 7.89. The number of methoxy groups -OCH3 is 1. The zero-order valence-electron chi connectivity index (χ0n) is 12.0. The van der Waals surface area contributed by atoms with Crippen LogP contribution in [0.15, 0.2) is 16.3 Å². The second-order valence-corrected chi connectivity index (χ2v) is 7.65. The highest BCUT2D eigenvalue weighted by Gasteiger charge is 2.31. The molecule has 1 saturated heterocycles. The minimum Gasteiger partial charge on any atom is -0.385 e. The van der Waals surface area contributed by atoms with E-state index in [1.54, 1.807) is 12.5 Å². The molecule has 118 valence electrons. The van der Waals surface area contributed by atoms with E-state index in [0.29, 0.717) is 32.7 Å². The molecular formula is C13H20N2O4S2. The SMILES string of the molecule is COCCCNC(=O)c1sccc1S(=O)(=O)N1CCCC1. The van der Waals surface area contributed by atoms with E-state index in [1.165, 1.54) is 10.4 Å². The Bertz CT molecular complexity index is 577. The second kappa shape index (κ2) is 7.35. The smallest absolute Gasteiger partial charge is 0.262 e. The maximum atomic E-state index is 12.5. The van der Waals surface area contributed by atoms with Gasteiger partial charge in [-0.05, 0) is 30.7 Å². The Morgan fingerprint density at radius 3 is 2.81 bits per heavy atom. The number of carbonyl (C=O) groups excluding carboxylic acids is 1. The van der Waals surface area contributed by atoms with Crippen LogP contribution in [-0.2, 0) is 14.8 Å². The Kier molecular flexibility index (Phi) is 5.74. The molecule has 0 saturated carbocycles. The largest absolute Gasteiger partial charge is 0.385 e. The van der Waals surface area contributed by atoms with Gasteiger partial charge in [0.15, 0.2) is 0 Å². The molecule has 2 heterocycles. The predicted octanol–water partition coefficient (Wildman–Crippen LogP) is 1.30. The van der Waals surface area contributed by atoms with Crippen molar-refractivity contribution in [2.75, 3.05) is 33.4 Å². The number of thiophene rings is 1. The molecule has 8 heteroatoms. The fourth-order valence-corrected chi connectivity index (χ4v) is 5.07. The first-order valence-electron chi connectivity index (χ1n) is 6.92. The van der Waals surface area contributed by atoms with Crippen molar-refractivity contribution in [1.29, 1.82) is 0 Å². The molecule has 0 aromatic carbocycles. The van der Waals surface area contributed by atoms with Crippen molar-refractivity contribution in [2.45, 2.75) is 24.2 Å². The first-order valence-corrected chi connectivity index (χ1v) is 9.24. The van der Waals surface area contributed by atoms with Crippen LogP contribution in [0.3, 0.4) is 0 Å². The third-order valence-corrected chi connectivity index (χ3v) is 6.31. The molecule has 0 radical (unpaired) electrons. The maximum Gasteiger partial charge on any atom is 0.262 e. The molecule has 0 bridgehead atoms. The van der Waals surface area contributed by atoms with Crippen molar-refractivity contribution in [1.82, 2.24) is 9.62 Å². The third kappa shape index (κ3) is 3.82. The summed E-state index contributed by atoms with van der Waals surface area (Å²) in [6.45, 7) is 2.09. The summed E-state index contributed by atoms with van der Waals surface area (Å²) in [7, 11) is -1.95. The van der Waals surface area contributed by atoms with Gasteiger partial charge >= 0.3 is 0 Å². The summed E-state index contributed by atoms with van der Waals surface area (Å²) >= 11 is 1.16. The molecule has 1 fully saturated rings. The zero-order chi connectivity index (χ0) is 15.3. The average molecular weight is 332 g/mol. The van der Waals surface area contributed by atoms with Gasteiger partial charge in [0, 0.05) is 33.4 Å². The fourth-order valence-electron chi connectivity index (χ4n) is 2.23. The summed E-state index contributed by atoms with van der Waals surface area (Å²) in [6.07, 6.45) is 2.45. The molecule has 6 nitrogen and oxygen atoms in total. The Labute approximate surface area is 129 Å². The van der Waals surface area contributed by atoms with Crippen LogP contribution in [0.4, 0.5) is 0 Å². The lowest BCUT2D eigenvalue weighted by molar-refractivity contribution is 0.0949. The third-order valence-electron chi connectivity index (χ3n) is 3.33. The summed E-state index contributed by atoms with van der Waals surface area (Å²) < 4.78 is 31.4. The molecule has 0 unspecified atom stereocenters. The molecule has 1 aromatic heterocycles. The van der Waals surface area contributed by atoms with Crippen molar-refractivity contribution >= 4 is 27.3 Å². The molecule has 21 heavy (non-hydrogen) atoms. The molecule has 0 spiro atoms. The quantitative estimate of drug-likeness (QED) is 0.764. The Morgan fingerprint density at radius 2 is 2.14 bits per heavy atom. The van der Waals surface area contributed by atoms with E-state index in [2.05, 4.69) is 5.32 Å². The number of carbonyl (C=O) groups is 1. The first kappa shape index (κ1) is 16.4. The van der Waals surface area contributed by atoms with E-state index >= 15 is 0 Å². The van der Waals surface area contributed by atoms with Crippen molar-refractivity contribution in [3.8, 4) is 0 Å². The van der Waals surface area contributed by atoms with Crippen LogP contribution in [0.1, 0.15) is 28.9 Å². The second-order valence-electron chi connectivity index (χ2n) is 4.83. The number of rotatable bonds is 7. The number of nitrogens with zero attached hydrogens (tertiary/aromatic N) is 1. The van der Waals surface area contributed by atoms with Gasteiger partial charge in [-0.25, -0.2) is 8.42 Å². The van der Waals surface area contributed by atoms with Crippen LogP contribution in [0, 0.1) is 0 Å². The summed E-state index contributed by atoms with van der Waals surface area (Å²) in [5, 5.41) is 4.38. The lowest BCUT2D eigenvalue weighted by Gasteiger charge is -2.15. The minimum atomic E-state index is -3.55. The molecule has 1 aliphatic heterocycles. The molecule has 2 rings (SSSR count). The van der Waals surface area contributed by atoms with E-state index < -0.39 is 10.0 Å². The number of amides is 1. The zero-order valence-corrected chi connectivity index (χ0v) is 13.6. The van der Waals surface area contributed by atoms with Crippen LogP contribution < -0.4 is 5.32 Å². The van der Waals surface area contributed by atoms with Gasteiger partial charge < -0.3 is 10.1 Å². The topological polar surface area (TPSA) is 75.7 Å². The first-order chi connectivity index (χ1) is 10.1.